The van der Waals surface area contributed by atoms with Crippen LogP contribution in [0.25, 0.3) is 0 Å². The Morgan fingerprint density at radius 3 is 1.92 bits per heavy atom. The van der Waals surface area contributed by atoms with Crippen LogP contribution in [0.15, 0.2) is 0 Å². The number of aliphatic hydroxyl groups is 1. The van der Waals surface area contributed by atoms with E-state index in [1.165, 1.54) is 0 Å². The minimum atomic E-state index is -0.752. The van der Waals surface area contributed by atoms with E-state index < -0.39 is 16.4 Å². The number of carbonyl (C=O) groups is 2. The highest BCUT2D eigenvalue weighted by Gasteiger charge is 2.57. The second-order valence-electron chi connectivity index (χ2n) is 9.21. The van der Waals surface area contributed by atoms with Gasteiger partial charge in [0.15, 0.2) is 0 Å². The number of esters is 2. The van der Waals surface area contributed by atoms with Gasteiger partial charge < -0.3 is 14.6 Å². The molecular weight excluding hydrogens is 326 g/mol. The van der Waals surface area contributed by atoms with E-state index in [9.17, 15) is 14.7 Å². The quantitative estimate of drug-likeness (QED) is 0.749. The molecule has 144 valence electrons. The summed E-state index contributed by atoms with van der Waals surface area (Å²) in [7, 11) is 0. The van der Waals surface area contributed by atoms with Crippen LogP contribution in [0.1, 0.15) is 54.4 Å². The van der Waals surface area contributed by atoms with Crippen LogP contribution in [-0.2, 0) is 23.9 Å². The number of nitrogens with zero attached hydrogens (tertiary/aromatic N) is 1. The minimum absolute atomic E-state index is 0.0566. The molecule has 0 amide bonds. The van der Waals surface area contributed by atoms with Gasteiger partial charge in [-0.1, -0.05) is 0 Å². The Bertz CT molecular complexity index is 489. The predicted octanol–water partition coefficient (Wildman–Crippen LogP) is 1.67. The number of hydroxylamine groups is 2. The van der Waals surface area contributed by atoms with Gasteiger partial charge in [0.1, 0.15) is 18.8 Å². The molecule has 0 saturated carbocycles. The van der Waals surface area contributed by atoms with E-state index in [0.717, 1.165) is 6.42 Å². The molecule has 0 aliphatic carbocycles. The summed E-state index contributed by atoms with van der Waals surface area (Å²) >= 11 is 0. The number of piperidine rings is 1. The zero-order valence-corrected chi connectivity index (χ0v) is 16.1. The van der Waals surface area contributed by atoms with E-state index in [2.05, 4.69) is 0 Å². The fraction of sp³-hybridized carbons (Fsp3) is 0.889. The summed E-state index contributed by atoms with van der Waals surface area (Å²) in [6.45, 7) is 10.8. The molecule has 0 radical (unpaired) electrons. The lowest BCUT2D eigenvalue weighted by atomic mass is 9.86. The van der Waals surface area contributed by atoms with Gasteiger partial charge in [-0.3, -0.25) is 14.4 Å². The highest BCUT2D eigenvalue weighted by atomic mass is 16.7. The van der Waals surface area contributed by atoms with E-state index >= 15 is 0 Å². The number of hydrogen-bond donors (Lipinski definition) is 1. The average molecular weight is 357 g/mol. The molecule has 0 aromatic carbocycles. The maximum absolute atomic E-state index is 12.2. The number of fused-ring (bicyclic) bond motifs is 2. The predicted molar refractivity (Wildman–Crippen MR) is 90.4 cm³/mol. The van der Waals surface area contributed by atoms with Crippen molar-refractivity contribution in [1.82, 2.24) is 5.06 Å². The molecule has 2 rings (SSSR count). The number of carbonyl (C=O) groups excluding carboxylic acids is 2. The first-order valence-electron chi connectivity index (χ1n) is 8.80. The third kappa shape index (κ3) is 4.33. The second-order valence-corrected chi connectivity index (χ2v) is 9.21. The van der Waals surface area contributed by atoms with Crippen LogP contribution in [0, 0.1) is 10.8 Å². The molecule has 2 heterocycles. The van der Waals surface area contributed by atoms with E-state index in [0.29, 0.717) is 6.42 Å². The van der Waals surface area contributed by atoms with Crippen LogP contribution in [-0.4, -0.2) is 59.6 Å². The maximum Gasteiger partial charge on any atom is 0.311 e. The SMILES string of the molecule is CC(C)(C)C(=O)OCC1(COC(=O)C(C)(C)C)C[C@@H]2C[C@@H](CO)N1O2. The molecule has 7 heteroatoms. The zero-order valence-electron chi connectivity index (χ0n) is 16.1. The summed E-state index contributed by atoms with van der Waals surface area (Å²) in [5.74, 6) is -0.642. The molecule has 2 aliphatic heterocycles. The van der Waals surface area contributed by atoms with E-state index in [1.807, 2.05) is 0 Å². The topological polar surface area (TPSA) is 85.3 Å². The van der Waals surface area contributed by atoms with Gasteiger partial charge in [-0.05, 0) is 48.0 Å². The first-order valence-corrected chi connectivity index (χ1v) is 8.80. The van der Waals surface area contributed by atoms with E-state index in [1.54, 1.807) is 46.6 Å². The molecule has 1 unspecified atom stereocenters. The summed E-state index contributed by atoms with van der Waals surface area (Å²) in [6, 6.07) is -0.180. The fourth-order valence-corrected chi connectivity index (χ4v) is 3.09. The second kappa shape index (κ2) is 6.85. The molecule has 2 saturated heterocycles. The van der Waals surface area contributed by atoms with Crippen molar-refractivity contribution in [3.05, 3.63) is 0 Å². The lowest BCUT2D eigenvalue weighted by Crippen LogP contribution is -2.57. The molecule has 0 aromatic heterocycles. The maximum atomic E-state index is 12.2. The van der Waals surface area contributed by atoms with Crippen LogP contribution in [0.5, 0.6) is 0 Å². The van der Waals surface area contributed by atoms with Crippen molar-refractivity contribution in [2.45, 2.75) is 72.1 Å². The standard InChI is InChI=1S/C18H31NO6/c1-16(2,3)14(21)23-10-18(11-24-15(22)17(4,5)6)8-13-7-12(9-20)19(18)25-13/h12-13,20H,7-11H2,1-6H3/t12-,13-/m0/s1. The van der Waals surface area contributed by atoms with E-state index in [-0.39, 0.29) is 43.9 Å². The lowest BCUT2D eigenvalue weighted by Gasteiger charge is -2.40. The van der Waals surface area contributed by atoms with Crippen molar-refractivity contribution in [2.75, 3.05) is 19.8 Å². The molecule has 0 aromatic rings. The van der Waals surface area contributed by atoms with Gasteiger partial charge in [-0.15, -0.1) is 0 Å². The number of ether oxygens (including phenoxy) is 2. The Hall–Kier alpha value is -1.18. The molecule has 2 fully saturated rings. The van der Waals surface area contributed by atoms with Gasteiger partial charge in [0.05, 0.1) is 29.6 Å². The Kier molecular flexibility index (Phi) is 5.52. The first-order chi connectivity index (χ1) is 11.4. The minimum Gasteiger partial charge on any atom is -0.463 e. The smallest absolute Gasteiger partial charge is 0.311 e. The summed E-state index contributed by atoms with van der Waals surface area (Å²) in [6.07, 6.45) is 1.26. The number of aliphatic hydroxyl groups excluding tert-OH is 1. The van der Waals surface area contributed by atoms with Crippen molar-refractivity contribution in [3.8, 4) is 0 Å². The monoisotopic (exact) mass is 357 g/mol. The molecule has 2 aliphatic rings. The fourth-order valence-electron chi connectivity index (χ4n) is 3.09. The summed E-state index contributed by atoms with van der Waals surface area (Å²) in [4.78, 5) is 30.2. The highest BCUT2D eigenvalue weighted by molar-refractivity contribution is 5.76. The molecule has 3 atom stereocenters. The van der Waals surface area contributed by atoms with E-state index in [4.69, 9.17) is 14.3 Å². The van der Waals surface area contributed by atoms with Crippen molar-refractivity contribution in [2.24, 2.45) is 10.8 Å². The largest absolute Gasteiger partial charge is 0.463 e. The molecule has 2 bridgehead atoms. The molecule has 25 heavy (non-hydrogen) atoms. The van der Waals surface area contributed by atoms with Crippen molar-refractivity contribution >= 4 is 11.9 Å². The van der Waals surface area contributed by atoms with Crippen LogP contribution < -0.4 is 0 Å². The lowest BCUT2D eigenvalue weighted by molar-refractivity contribution is -0.206. The molecule has 1 N–H and O–H groups in total. The molecule has 0 spiro atoms. The molecular formula is C18H31NO6. The van der Waals surface area contributed by atoms with Crippen LogP contribution in [0.3, 0.4) is 0 Å². The zero-order chi connectivity index (χ0) is 19.0. The van der Waals surface area contributed by atoms with Gasteiger partial charge in [-0.2, -0.15) is 5.06 Å². The molecule has 7 nitrogen and oxygen atoms in total. The Labute approximate surface area is 149 Å². The Morgan fingerprint density at radius 2 is 1.56 bits per heavy atom. The Balaban J connectivity index is 2.13. The first kappa shape index (κ1) is 20.1. The van der Waals surface area contributed by atoms with Crippen LogP contribution in [0.2, 0.25) is 0 Å². The van der Waals surface area contributed by atoms with Crippen LogP contribution in [0.4, 0.5) is 0 Å². The van der Waals surface area contributed by atoms with Gasteiger partial charge in [0.2, 0.25) is 0 Å². The Morgan fingerprint density at radius 1 is 1.08 bits per heavy atom. The van der Waals surface area contributed by atoms with Gasteiger partial charge in [-0.25, -0.2) is 0 Å². The number of rotatable bonds is 5. The van der Waals surface area contributed by atoms with Crippen LogP contribution >= 0.6 is 0 Å². The van der Waals surface area contributed by atoms with Crippen molar-refractivity contribution in [3.63, 3.8) is 0 Å². The summed E-state index contributed by atoms with van der Waals surface area (Å²) in [5.41, 5.74) is -1.99. The van der Waals surface area contributed by atoms with Crippen molar-refractivity contribution < 1.29 is 29.0 Å². The third-order valence-electron chi connectivity index (χ3n) is 4.58. The summed E-state index contributed by atoms with van der Waals surface area (Å²) < 4.78 is 11.0. The number of hydrogen-bond acceptors (Lipinski definition) is 7. The normalized spacial score (nSPS) is 28.0. The average Bonchev–Trinajstić information content (AvgIpc) is 3.06. The van der Waals surface area contributed by atoms with Gasteiger partial charge in [0.25, 0.3) is 0 Å². The highest BCUT2D eigenvalue weighted by Crippen LogP contribution is 2.43. The van der Waals surface area contributed by atoms with Crippen molar-refractivity contribution in [1.29, 1.82) is 0 Å². The van der Waals surface area contributed by atoms with Gasteiger partial charge >= 0.3 is 11.9 Å². The third-order valence-corrected chi connectivity index (χ3v) is 4.58. The van der Waals surface area contributed by atoms with Gasteiger partial charge in [0, 0.05) is 6.42 Å². The summed E-state index contributed by atoms with van der Waals surface area (Å²) in [5, 5.41) is 11.3.